The maximum atomic E-state index is 11.5. The van der Waals surface area contributed by atoms with Gasteiger partial charge in [0.1, 0.15) is 0 Å². The maximum absolute atomic E-state index is 11.5. The molecule has 100 valence electrons. The predicted molar refractivity (Wildman–Crippen MR) is 64.9 cm³/mol. The van der Waals surface area contributed by atoms with Gasteiger partial charge in [0.25, 0.3) is 11.7 Å². The first-order valence-corrected chi connectivity index (χ1v) is 7.16. The minimum absolute atomic E-state index is 0.0484. The molecule has 0 aliphatic carbocycles. The third-order valence-electron chi connectivity index (χ3n) is 2.35. The fourth-order valence-corrected chi connectivity index (χ4v) is 2.00. The Hall–Kier alpha value is -2.29. The van der Waals surface area contributed by atoms with E-state index in [0.29, 0.717) is 0 Å². The van der Waals surface area contributed by atoms with Crippen LogP contribution in [0.15, 0.2) is 29.2 Å². The van der Waals surface area contributed by atoms with Crippen LogP contribution in [0.3, 0.4) is 0 Å². The van der Waals surface area contributed by atoms with Crippen LogP contribution in [-0.4, -0.2) is 41.2 Å². The molecule has 9 heteroatoms. The van der Waals surface area contributed by atoms with Crippen LogP contribution in [0.4, 0.5) is 0 Å². The van der Waals surface area contributed by atoms with E-state index in [4.69, 9.17) is 0 Å². The largest absolute Gasteiger partial charge is 0.345 e. The van der Waals surface area contributed by atoms with E-state index < -0.39 is 15.7 Å². The lowest BCUT2D eigenvalue weighted by molar-refractivity contribution is 0.0940. The summed E-state index contributed by atoms with van der Waals surface area (Å²) in [5.41, 5.74) is 0.768. The van der Waals surface area contributed by atoms with E-state index in [2.05, 4.69) is 25.9 Å². The minimum atomic E-state index is -3.21. The van der Waals surface area contributed by atoms with Gasteiger partial charge in [-0.05, 0) is 22.9 Å². The Labute approximate surface area is 109 Å². The molecule has 0 aliphatic rings. The third-order valence-corrected chi connectivity index (χ3v) is 3.48. The van der Waals surface area contributed by atoms with Gasteiger partial charge in [0.05, 0.1) is 4.90 Å². The van der Waals surface area contributed by atoms with Gasteiger partial charge in [0, 0.05) is 12.8 Å². The molecule has 0 saturated heterocycles. The second kappa shape index (κ2) is 5.14. The lowest BCUT2D eigenvalue weighted by Crippen LogP contribution is -2.24. The van der Waals surface area contributed by atoms with E-state index in [1.165, 1.54) is 12.1 Å². The number of tetrazole rings is 1. The average molecular weight is 281 g/mol. The standard InChI is InChI=1S/C10H11N5O3S/c1-19(17,18)8-4-2-7(3-5-8)6-11-10(16)9-12-14-15-13-9/h2-5H,6H2,1H3,(H,11,16)(H,12,13,14,15). The Morgan fingerprint density at radius 2 is 2.00 bits per heavy atom. The topological polar surface area (TPSA) is 118 Å². The monoisotopic (exact) mass is 281 g/mol. The number of nitrogens with one attached hydrogen (secondary N) is 2. The van der Waals surface area contributed by atoms with Crippen LogP contribution in [0.1, 0.15) is 16.2 Å². The lowest BCUT2D eigenvalue weighted by atomic mass is 10.2. The molecule has 19 heavy (non-hydrogen) atoms. The van der Waals surface area contributed by atoms with Gasteiger partial charge >= 0.3 is 0 Å². The summed E-state index contributed by atoms with van der Waals surface area (Å²) in [6, 6.07) is 6.25. The Balaban J connectivity index is 1.99. The summed E-state index contributed by atoms with van der Waals surface area (Å²) in [4.78, 5) is 11.8. The molecule has 0 atom stereocenters. The molecule has 0 radical (unpaired) electrons. The number of sulfone groups is 1. The van der Waals surface area contributed by atoms with Crippen LogP contribution >= 0.6 is 0 Å². The summed E-state index contributed by atoms with van der Waals surface area (Å²) in [5.74, 6) is -0.506. The molecule has 2 N–H and O–H groups in total. The van der Waals surface area contributed by atoms with Crippen LogP contribution < -0.4 is 5.32 Å². The van der Waals surface area contributed by atoms with Crippen molar-refractivity contribution in [2.45, 2.75) is 11.4 Å². The Bertz CT molecular complexity index is 664. The number of nitrogens with zero attached hydrogens (tertiary/aromatic N) is 3. The average Bonchev–Trinajstić information content (AvgIpc) is 2.89. The molecule has 1 amide bonds. The van der Waals surface area contributed by atoms with Crippen LogP contribution in [0.2, 0.25) is 0 Å². The van der Waals surface area contributed by atoms with Crippen molar-refractivity contribution < 1.29 is 13.2 Å². The molecule has 0 bridgehead atoms. The zero-order chi connectivity index (χ0) is 13.9. The van der Waals surface area contributed by atoms with Crippen molar-refractivity contribution in [2.24, 2.45) is 0 Å². The Morgan fingerprint density at radius 3 is 2.53 bits per heavy atom. The highest BCUT2D eigenvalue weighted by atomic mass is 32.2. The second-order valence-electron chi connectivity index (χ2n) is 3.83. The van der Waals surface area contributed by atoms with Gasteiger partial charge in [-0.25, -0.2) is 8.42 Å². The minimum Gasteiger partial charge on any atom is -0.345 e. The number of carbonyl (C=O) groups is 1. The number of H-pyrrole nitrogens is 1. The van der Waals surface area contributed by atoms with Crippen LogP contribution in [0.5, 0.6) is 0 Å². The van der Waals surface area contributed by atoms with Gasteiger partial charge in [-0.15, -0.1) is 10.2 Å². The molecule has 0 spiro atoms. The summed E-state index contributed by atoms with van der Waals surface area (Å²) in [5, 5.41) is 15.1. The number of benzene rings is 1. The van der Waals surface area contributed by atoms with Gasteiger partial charge in [-0.3, -0.25) is 4.79 Å². The van der Waals surface area contributed by atoms with Crippen molar-refractivity contribution in [3.05, 3.63) is 35.7 Å². The molecule has 0 aliphatic heterocycles. The molecule has 1 aromatic heterocycles. The van der Waals surface area contributed by atoms with Crippen molar-refractivity contribution in [1.29, 1.82) is 0 Å². The summed E-state index contributed by atoms with van der Waals surface area (Å²) in [6.45, 7) is 0.247. The van der Waals surface area contributed by atoms with E-state index in [9.17, 15) is 13.2 Å². The summed E-state index contributed by atoms with van der Waals surface area (Å²) in [7, 11) is -3.21. The van der Waals surface area contributed by atoms with Crippen molar-refractivity contribution in [2.75, 3.05) is 6.26 Å². The third kappa shape index (κ3) is 3.35. The van der Waals surface area contributed by atoms with Crippen LogP contribution in [0, 0.1) is 0 Å². The van der Waals surface area contributed by atoms with E-state index in [0.717, 1.165) is 11.8 Å². The second-order valence-corrected chi connectivity index (χ2v) is 5.85. The lowest BCUT2D eigenvalue weighted by Gasteiger charge is -2.04. The van der Waals surface area contributed by atoms with Crippen LogP contribution in [-0.2, 0) is 16.4 Å². The first-order chi connectivity index (χ1) is 8.97. The molecule has 0 unspecified atom stereocenters. The van der Waals surface area contributed by atoms with Crippen LogP contribution in [0.25, 0.3) is 0 Å². The van der Waals surface area contributed by atoms with Gasteiger partial charge in [-0.2, -0.15) is 5.21 Å². The van der Waals surface area contributed by atoms with Crippen molar-refractivity contribution in [3.63, 3.8) is 0 Å². The normalized spacial score (nSPS) is 11.2. The Kier molecular flexibility index (Phi) is 3.56. The first-order valence-electron chi connectivity index (χ1n) is 5.27. The van der Waals surface area contributed by atoms with Crippen molar-refractivity contribution in [1.82, 2.24) is 25.9 Å². The summed E-state index contributed by atoms with van der Waals surface area (Å²) >= 11 is 0. The van der Waals surface area contributed by atoms with Crippen molar-refractivity contribution in [3.8, 4) is 0 Å². The highest BCUT2D eigenvalue weighted by Gasteiger charge is 2.10. The van der Waals surface area contributed by atoms with Gasteiger partial charge in [0.15, 0.2) is 9.84 Å². The molecule has 1 aromatic carbocycles. The number of carbonyl (C=O) groups excluding carboxylic acids is 1. The molecule has 0 fully saturated rings. The highest BCUT2D eigenvalue weighted by molar-refractivity contribution is 7.90. The summed E-state index contributed by atoms with van der Waals surface area (Å²) < 4.78 is 22.5. The molecule has 2 aromatic rings. The van der Waals surface area contributed by atoms with Gasteiger partial charge in [0.2, 0.25) is 0 Å². The van der Waals surface area contributed by atoms with E-state index >= 15 is 0 Å². The molecule has 2 rings (SSSR count). The number of rotatable bonds is 4. The Morgan fingerprint density at radius 1 is 1.32 bits per heavy atom. The zero-order valence-electron chi connectivity index (χ0n) is 9.99. The SMILES string of the molecule is CS(=O)(=O)c1ccc(CNC(=O)c2nn[nH]n2)cc1. The molecule has 1 heterocycles. The number of hydrogen-bond donors (Lipinski definition) is 2. The molecular weight excluding hydrogens is 270 g/mol. The first kappa shape index (κ1) is 13.1. The maximum Gasteiger partial charge on any atom is 0.293 e. The van der Waals surface area contributed by atoms with E-state index in [-0.39, 0.29) is 17.3 Å². The molecule has 8 nitrogen and oxygen atoms in total. The smallest absolute Gasteiger partial charge is 0.293 e. The number of hydrogen-bond acceptors (Lipinski definition) is 6. The van der Waals surface area contributed by atoms with E-state index in [1.54, 1.807) is 12.1 Å². The fourth-order valence-electron chi connectivity index (χ4n) is 1.37. The molecule has 0 saturated carbocycles. The zero-order valence-corrected chi connectivity index (χ0v) is 10.8. The summed E-state index contributed by atoms with van der Waals surface area (Å²) in [6.07, 6.45) is 1.14. The number of aromatic amines is 1. The van der Waals surface area contributed by atoms with Crippen molar-refractivity contribution >= 4 is 15.7 Å². The highest BCUT2D eigenvalue weighted by Crippen LogP contribution is 2.10. The van der Waals surface area contributed by atoms with E-state index in [1.807, 2.05) is 0 Å². The predicted octanol–water partition coefficient (Wildman–Crippen LogP) is -0.467. The number of amides is 1. The fraction of sp³-hybridized carbons (Fsp3) is 0.200. The number of aromatic nitrogens is 4. The van der Waals surface area contributed by atoms with Gasteiger partial charge < -0.3 is 5.32 Å². The quantitative estimate of drug-likeness (QED) is 0.782. The molecular formula is C10H11N5O3S. The van der Waals surface area contributed by atoms with Gasteiger partial charge in [-0.1, -0.05) is 12.1 Å².